The second kappa shape index (κ2) is 13.5. The standard InChI is InChI=1S/C30H50ClN3O4/c1-10-20(3)16-22(11-2)21(4)27(36)24(32-28(37)38-29(5,6)7)17-33-18-26(35)34(19-30(33,8)9)25-15-13-12-14-23(25)31/h12-15,20-22,24,27,36H,10-11,16-19H2,1-9H3,(H,32,37)/t20?,21-,22-,24-,27-/m0/s1. The fraction of sp³-hybridized carbons (Fsp3) is 0.733. The number of anilines is 1. The van der Waals surface area contributed by atoms with E-state index in [1.54, 1.807) is 11.0 Å². The minimum Gasteiger partial charge on any atom is -0.444 e. The van der Waals surface area contributed by atoms with Crippen LogP contribution in [-0.2, 0) is 9.53 Å². The van der Waals surface area contributed by atoms with E-state index in [9.17, 15) is 14.7 Å². The molecule has 0 spiro atoms. The Morgan fingerprint density at radius 1 is 1.18 bits per heavy atom. The number of hydrogen-bond acceptors (Lipinski definition) is 5. The Kier molecular flexibility index (Phi) is 11.5. The third-order valence-electron chi connectivity index (χ3n) is 7.91. The van der Waals surface area contributed by atoms with E-state index >= 15 is 0 Å². The Morgan fingerprint density at radius 2 is 1.82 bits per heavy atom. The quantitative estimate of drug-likeness (QED) is 0.346. The molecule has 1 saturated heterocycles. The number of carbonyl (C=O) groups excluding carboxylic acids is 2. The third-order valence-corrected chi connectivity index (χ3v) is 8.23. The van der Waals surface area contributed by atoms with Crippen molar-refractivity contribution in [1.82, 2.24) is 10.2 Å². The van der Waals surface area contributed by atoms with Gasteiger partial charge in [-0.05, 0) is 70.9 Å². The highest BCUT2D eigenvalue weighted by Gasteiger charge is 2.42. The van der Waals surface area contributed by atoms with Crippen LogP contribution in [0.2, 0.25) is 5.02 Å². The number of hydrogen-bond donors (Lipinski definition) is 2. The molecule has 1 unspecified atom stereocenters. The Balaban J connectivity index is 2.29. The van der Waals surface area contributed by atoms with Gasteiger partial charge in [-0.25, -0.2) is 4.79 Å². The van der Waals surface area contributed by atoms with Crippen molar-refractivity contribution in [2.75, 3.05) is 24.5 Å². The topological polar surface area (TPSA) is 82.1 Å². The van der Waals surface area contributed by atoms with Crippen LogP contribution in [0, 0.1) is 17.8 Å². The van der Waals surface area contributed by atoms with Crippen LogP contribution in [0.15, 0.2) is 24.3 Å². The zero-order valence-electron chi connectivity index (χ0n) is 24.9. The first-order valence-electron chi connectivity index (χ1n) is 14.1. The molecule has 216 valence electrons. The molecule has 2 rings (SSSR count). The Morgan fingerprint density at radius 3 is 2.37 bits per heavy atom. The number of para-hydroxylation sites is 1. The van der Waals surface area contributed by atoms with Crippen molar-refractivity contribution in [2.45, 2.75) is 105 Å². The summed E-state index contributed by atoms with van der Waals surface area (Å²) in [7, 11) is 0. The van der Waals surface area contributed by atoms with Crippen molar-refractivity contribution < 1.29 is 19.4 Å². The first-order chi connectivity index (χ1) is 17.6. The van der Waals surface area contributed by atoms with Crippen molar-refractivity contribution in [1.29, 1.82) is 0 Å². The molecule has 8 heteroatoms. The van der Waals surface area contributed by atoms with Crippen molar-refractivity contribution in [3.8, 4) is 0 Å². The average Bonchev–Trinajstić information content (AvgIpc) is 2.82. The van der Waals surface area contributed by atoms with E-state index in [2.05, 4.69) is 51.8 Å². The van der Waals surface area contributed by atoms with E-state index in [-0.39, 0.29) is 18.4 Å². The fourth-order valence-electron chi connectivity index (χ4n) is 5.26. The van der Waals surface area contributed by atoms with Gasteiger partial charge in [0.05, 0.1) is 29.4 Å². The molecule has 0 aromatic heterocycles. The second-order valence-electron chi connectivity index (χ2n) is 12.6. The molecule has 1 heterocycles. The van der Waals surface area contributed by atoms with Crippen molar-refractivity contribution >= 4 is 29.3 Å². The van der Waals surface area contributed by atoms with Gasteiger partial charge in [-0.3, -0.25) is 9.69 Å². The van der Waals surface area contributed by atoms with Gasteiger partial charge in [0, 0.05) is 18.6 Å². The smallest absolute Gasteiger partial charge is 0.408 e. The number of aliphatic hydroxyl groups excluding tert-OH is 1. The lowest BCUT2D eigenvalue weighted by Crippen LogP contribution is -2.65. The number of nitrogens with one attached hydrogen (secondary N) is 1. The van der Waals surface area contributed by atoms with E-state index < -0.39 is 29.4 Å². The van der Waals surface area contributed by atoms with E-state index in [4.69, 9.17) is 16.3 Å². The zero-order valence-corrected chi connectivity index (χ0v) is 25.6. The summed E-state index contributed by atoms with van der Waals surface area (Å²) < 4.78 is 5.55. The molecule has 0 aliphatic carbocycles. The van der Waals surface area contributed by atoms with Crippen LogP contribution in [-0.4, -0.2) is 64.9 Å². The molecular weight excluding hydrogens is 502 g/mol. The van der Waals surface area contributed by atoms with Crippen LogP contribution in [0.4, 0.5) is 10.5 Å². The van der Waals surface area contributed by atoms with Gasteiger partial charge >= 0.3 is 6.09 Å². The lowest BCUT2D eigenvalue weighted by Gasteiger charge is -2.48. The van der Waals surface area contributed by atoms with Crippen LogP contribution in [0.5, 0.6) is 0 Å². The molecule has 0 saturated carbocycles. The molecule has 5 atom stereocenters. The predicted molar refractivity (Wildman–Crippen MR) is 156 cm³/mol. The minimum atomic E-state index is -0.802. The minimum absolute atomic E-state index is 0.0443. The van der Waals surface area contributed by atoms with Gasteiger partial charge in [0.15, 0.2) is 0 Å². The lowest BCUT2D eigenvalue weighted by molar-refractivity contribution is -0.124. The monoisotopic (exact) mass is 551 g/mol. The first kappa shape index (κ1) is 32.4. The summed E-state index contributed by atoms with van der Waals surface area (Å²) >= 11 is 6.41. The molecule has 0 radical (unpaired) electrons. The van der Waals surface area contributed by atoms with Gasteiger partial charge in [-0.2, -0.15) is 0 Å². The van der Waals surface area contributed by atoms with E-state index in [0.717, 1.165) is 19.3 Å². The number of benzene rings is 1. The summed E-state index contributed by atoms with van der Waals surface area (Å²) in [6, 6.07) is 6.75. The number of amides is 2. The van der Waals surface area contributed by atoms with Crippen LogP contribution < -0.4 is 10.2 Å². The summed E-state index contributed by atoms with van der Waals surface area (Å²) in [4.78, 5) is 29.9. The number of piperazine rings is 1. The van der Waals surface area contributed by atoms with E-state index in [1.165, 1.54) is 0 Å². The zero-order chi connectivity index (χ0) is 28.8. The van der Waals surface area contributed by atoms with E-state index in [1.807, 2.05) is 39.0 Å². The summed E-state index contributed by atoms with van der Waals surface area (Å²) in [5.74, 6) is 0.757. The maximum Gasteiger partial charge on any atom is 0.408 e. The highest BCUT2D eigenvalue weighted by molar-refractivity contribution is 6.33. The summed E-state index contributed by atoms with van der Waals surface area (Å²) in [5.41, 5.74) is -0.395. The number of halogens is 1. The van der Waals surface area contributed by atoms with Crippen molar-refractivity contribution in [3.63, 3.8) is 0 Å². The maximum atomic E-state index is 13.3. The number of ether oxygens (including phenoxy) is 1. The molecule has 38 heavy (non-hydrogen) atoms. The number of nitrogens with zero attached hydrogens (tertiary/aromatic N) is 2. The SMILES string of the molecule is CCC(C)C[C@H](CC)[C@H](C)[C@H](O)[C@H](CN1CC(=O)N(c2ccccc2Cl)CC1(C)C)NC(=O)OC(C)(C)C. The molecule has 0 bridgehead atoms. The molecule has 7 nitrogen and oxygen atoms in total. The first-order valence-corrected chi connectivity index (χ1v) is 14.4. The average molecular weight is 552 g/mol. The summed E-state index contributed by atoms with van der Waals surface area (Å²) in [6.07, 6.45) is 1.68. The Labute approximate surface area is 235 Å². The molecule has 2 N–H and O–H groups in total. The molecular formula is C30H50ClN3O4. The lowest BCUT2D eigenvalue weighted by atomic mass is 9.78. The van der Waals surface area contributed by atoms with Crippen LogP contribution in [0.1, 0.15) is 81.6 Å². The maximum absolute atomic E-state index is 13.3. The van der Waals surface area contributed by atoms with Gasteiger partial charge in [0.2, 0.25) is 5.91 Å². The van der Waals surface area contributed by atoms with Crippen molar-refractivity contribution in [2.24, 2.45) is 17.8 Å². The summed E-state index contributed by atoms with van der Waals surface area (Å²) in [5, 5.41) is 15.1. The van der Waals surface area contributed by atoms with Crippen LogP contribution in [0.25, 0.3) is 0 Å². The molecule has 1 aromatic carbocycles. The highest BCUT2D eigenvalue weighted by atomic mass is 35.5. The number of rotatable bonds is 11. The molecule has 1 aliphatic heterocycles. The molecule has 1 aromatic rings. The predicted octanol–water partition coefficient (Wildman–Crippen LogP) is 6.12. The normalized spacial score (nSPS) is 20.4. The molecule has 1 aliphatic rings. The van der Waals surface area contributed by atoms with Gasteiger partial charge in [-0.1, -0.05) is 64.3 Å². The fourth-order valence-corrected chi connectivity index (χ4v) is 5.49. The molecule has 2 amide bonds. The number of aliphatic hydroxyl groups is 1. The highest BCUT2D eigenvalue weighted by Crippen LogP contribution is 2.33. The van der Waals surface area contributed by atoms with E-state index in [0.29, 0.717) is 35.6 Å². The van der Waals surface area contributed by atoms with Gasteiger partial charge < -0.3 is 20.1 Å². The van der Waals surface area contributed by atoms with Gasteiger partial charge in [0.25, 0.3) is 0 Å². The van der Waals surface area contributed by atoms with Crippen LogP contribution in [0.3, 0.4) is 0 Å². The largest absolute Gasteiger partial charge is 0.444 e. The summed E-state index contributed by atoms with van der Waals surface area (Å²) in [6.45, 7) is 19.1. The van der Waals surface area contributed by atoms with Gasteiger partial charge in [0.1, 0.15) is 5.60 Å². The molecule has 1 fully saturated rings. The third kappa shape index (κ3) is 8.85. The number of carbonyl (C=O) groups is 2. The van der Waals surface area contributed by atoms with Crippen molar-refractivity contribution in [3.05, 3.63) is 29.3 Å². The van der Waals surface area contributed by atoms with Crippen LogP contribution >= 0.6 is 11.6 Å². The second-order valence-corrected chi connectivity index (χ2v) is 13.1. The number of alkyl carbamates (subject to hydrolysis) is 1. The Bertz CT molecular complexity index is 932. The van der Waals surface area contributed by atoms with Gasteiger partial charge in [-0.15, -0.1) is 0 Å². The Hall–Kier alpha value is -1.83.